The van der Waals surface area contributed by atoms with Gasteiger partial charge in [-0.15, -0.1) is 0 Å². The van der Waals surface area contributed by atoms with Crippen LogP contribution in [0.1, 0.15) is 121 Å². The summed E-state index contributed by atoms with van der Waals surface area (Å²) < 4.78 is 0. The Morgan fingerprint density at radius 3 is 1.51 bits per heavy atom. The molecule has 2 aromatic carbocycles. The van der Waals surface area contributed by atoms with Crippen LogP contribution < -0.4 is 82.7 Å². The second-order valence-electron chi connectivity index (χ2n) is 24.1. The Bertz CT molecular complexity index is 2960. The summed E-state index contributed by atoms with van der Waals surface area (Å²) in [6.07, 6.45) is 3.12. The Labute approximate surface area is 558 Å². The number of amides is 13. The van der Waals surface area contributed by atoms with E-state index in [2.05, 4.69) is 47.5 Å². The van der Waals surface area contributed by atoms with Gasteiger partial charge in [0.1, 0.15) is 54.4 Å². The molecule has 2 fully saturated rings. The number of nitrogens with two attached hydrogens (primary N) is 7. The number of carbonyl (C=O) groups excluding carboxylic acids is 13. The monoisotopic (exact) mass is 1350 g/mol. The van der Waals surface area contributed by atoms with Crippen LogP contribution in [-0.2, 0) is 75.2 Å². The minimum absolute atomic E-state index is 0.0736. The lowest BCUT2D eigenvalue weighted by Crippen LogP contribution is -2.60. The molecule has 31 nitrogen and oxygen atoms in total. The van der Waals surface area contributed by atoms with Crippen LogP contribution in [0.5, 0.6) is 0 Å². The third-order valence-corrected chi connectivity index (χ3v) is 16.7. The van der Waals surface area contributed by atoms with Crippen molar-refractivity contribution in [1.82, 2.24) is 52.3 Å². The van der Waals surface area contributed by atoms with Gasteiger partial charge in [-0.2, -0.15) is 11.8 Å². The van der Waals surface area contributed by atoms with Crippen molar-refractivity contribution in [3.63, 3.8) is 0 Å². The molecule has 10 atom stereocenters. The maximum atomic E-state index is 14.7. The summed E-state index contributed by atoms with van der Waals surface area (Å²) in [6, 6.07) is 4.51. The number of guanidine groups is 1. The second kappa shape index (κ2) is 41.0. The predicted octanol–water partition coefficient (Wildman–Crippen LogP) is -3.71. The van der Waals surface area contributed by atoms with E-state index in [0.717, 1.165) is 0 Å². The van der Waals surface area contributed by atoms with Crippen LogP contribution in [-0.4, -0.2) is 198 Å². The number of nitrogens with one attached hydrogen (secondary N) is 8. The van der Waals surface area contributed by atoms with Gasteiger partial charge >= 0.3 is 0 Å². The lowest BCUT2D eigenvalue weighted by atomic mass is 10.0. The zero-order valence-electron chi connectivity index (χ0n) is 54.5. The van der Waals surface area contributed by atoms with Gasteiger partial charge < -0.3 is 92.5 Å². The van der Waals surface area contributed by atoms with E-state index in [1.807, 2.05) is 20.1 Å². The summed E-state index contributed by atoms with van der Waals surface area (Å²) >= 11 is 1.45. The van der Waals surface area contributed by atoms with Crippen LogP contribution in [0.4, 0.5) is 0 Å². The standard InChI is InChI=1S/C63H98N18O13S/c1-37(2)33-45(57(89)74-41(53(68)85)27-32-95-3)73-52(84)36-72-54(86)46(34-38-15-6-4-7-16-38)78-58(90)47(35-39-17-8-5-9-18-39)79-56(88)42(23-25-50(66)82)75-55(87)43(24-26-51(67)83)76-59(91)49-22-14-31-81(49)62(94)44(20-10-11-28-64)77-60(92)48-21-13-30-80(48)61(93)40(65)19-12-29-71-63(69)70/h4-9,15-18,37,40-49H,10-14,19-36,64-65H2,1-3H3,(H2,66,82)(H2,67,83)(H2,68,85)(H,72,86)(H,73,84)(H,74,89)(H,75,87)(H,76,91)(H,77,92)(H,78,90)(H,79,88)(H4,69,70,71)/t40-,41+,42-,43-,44+,45-,46+,47+,48+,49+/m1/s1. The zero-order chi connectivity index (χ0) is 70.1. The van der Waals surface area contributed by atoms with Crippen LogP contribution in [0.2, 0.25) is 0 Å². The molecule has 4 rings (SSSR count). The molecule has 22 N–H and O–H groups in total. The predicted molar refractivity (Wildman–Crippen MR) is 356 cm³/mol. The Morgan fingerprint density at radius 2 is 1.01 bits per heavy atom. The van der Waals surface area contributed by atoms with E-state index in [9.17, 15) is 62.3 Å². The van der Waals surface area contributed by atoms with Gasteiger partial charge in [0.2, 0.25) is 76.8 Å². The topological polar surface area (TPSA) is 519 Å². The van der Waals surface area contributed by atoms with Gasteiger partial charge in [0.25, 0.3) is 0 Å². The molecule has 2 aliphatic heterocycles. The average molecular weight is 1350 g/mol. The number of primary amides is 3. The zero-order valence-corrected chi connectivity index (χ0v) is 55.3. The molecule has 2 heterocycles. The molecule has 32 heteroatoms. The van der Waals surface area contributed by atoms with Crippen molar-refractivity contribution in [2.24, 2.45) is 51.0 Å². The minimum atomic E-state index is -1.64. The molecule has 2 aliphatic rings. The maximum absolute atomic E-state index is 14.7. The van der Waals surface area contributed by atoms with Gasteiger partial charge in [0.05, 0.1) is 12.6 Å². The number of carbonyl (C=O) groups is 13. The molecule has 0 radical (unpaired) electrons. The summed E-state index contributed by atoms with van der Waals surface area (Å²) in [5, 5.41) is 21.1. The first-order valence-corrected chi connectivity index (χ1v) is 33.6. The van der Waals surface area contributed by atoms with Gasteiger partial charge in [-0.05, 0) is 119 Å². The number of hydrogen-bond donors (Lipinski definition) is 15. The van der Waals surface area contributed by atoms with Gasteiger partial charge in [0, 0.05) is 45.3 Å². The number of rotatable bonds is 42. The molecular formula is C63H98N18O13S. The molecule has 2 saturated heterocycles. The molecule has 95 heavy (non-hydrogen) atoms. The molecule has 0 spiro atoms. The van der Waals surface area contributed by atoms with E-state index in [0.29, 0.717) is 55.4 Å². The number of likely N-dealkylation sites (tertiary alicyclic amines) is 2. The highest BCUT2D eigenvalue weighted by molar-refractivity contribution is 7.98. The van der Waals surface area contributed by atoms with E-state index < -0.39 is 169 Å². The quantitative estimate of drug-likeness (QED) is 0.0173. The Morgan fingerprint density at radius 1 is 0.537 bits per heavy atom. The first-order chi connectivity index (χ1) is 45.2. The highest BCUT2D eigenvalue weighted by Crippen LogP contribution is 2.24. The molecule has 0 saturated carbocycles. The summed E-state index contributed by atoms with van der Waals surface area (Å²) in [5.74, 6) is -9.80. The molecule has 0 aliphatic carbocycles. The van der Waals surface area contributed by atoms with Gasteiger partial charge in [-0.1, -0.05) is 74.5 Å². The third kappa shape index (κ3) is 27.5. The van der Waals surface area contributed by atoms with Crippen molar-refractivity contribution in [3.05, 3.63) is 71.8 Å². The van der Waals surface area contributed by atoms with E-state index in [-0.39, 0.29) is 83.0 Å². The van der Waals surface area contributed by atoms with Crippen LogP contribution >= 0.6 is 11.8 Å². The van der Waals surface area contributed by atoms with Crippen molar-refractivity contribution < 1.29 is 62.3 Å². The molecule has 13 amide bonds. The SMILES string of the molecule is CSCC[C@H](NC(=O)[C@@H](CC(C)C)NC(=O)CNC(=O)[C@H](Cc1ccccc1)NC(=O)[C@H](Cc1ccccc1)NC(=O)[C@@H](CCC(N)=O)NC(=O)[C@@H](CCC(N)=O)NC(=O)[C@@H]1CCCN1C(=O)[C@H](CCCCN)NC(=O)[C@@H]1CCCN1C(=O)[C@H](N)CCCN=C(N)N)C(N)=O. The Hall–Kier alpha value is -8.91. The van der Waals surface area contributed by atoms with E-state index >= 15 is 0 Å². The van der Waals surface area contributed by atoms with Crippen LogP contribution in [0.15, 0.2) is 65.7 Å². The number of thioether (sulfide) groups is 1. The summed E-state index contributed by atoms with van der Waals surface area (Å²) in [5.41, 5.74) is 40.6. The summed E-state index contributed by atoms with van der Waals surface area (Å²) in [7, 11) is 0. The van der Waals surface area contributed by atoms with Gasteiger partial charge in [-0.3, -0.25) is 67.3 Å². The number of hydrogen-bond acceptors (Lipinski definition) is 17. The van der Waals surface area contributed by atoms with Crippen LogP contribution in [0.25, 0.3) is 0 Å². The normalized spacial score (nSPS) is 16.8. The Kier molecular flexibility index (Phi) is 33.9. The lowest BCUT2D eigenvalue weighted by Gasteiger charge is -2.32. The smallest absolute Gasteiger partial charge is 0.245 e. The fraction of sp³-hybridized carbons (Fsp3) is 0.587. The maximum Gasteiger partial charge on any atom is 0.245 e. The van der Waals surface area contributed by atoms with Crippen LogP contribution in [0.3, 0.4) is 0 Å². The number of nitrogens with zero attached hydrogens (tertiary/aromatic N) is 3. The highest BCUT2D eigenvalue weighted by Gasteiger charge is 2.42. The number of unbranched alkanes of at least 4 members (excludes halogenated alkanes) is 1. The van der Waals surface area contributed by atoms with Crippen molar-refractivity contribution in [1.29, 1.82) is 0 Å². The molecule has 524 valence electrons. The molecule has 0 unspecified atom stereocenters. The number of aliphatic imine (C=N–C) groups is 1. The molecule has 0 bridgehead atoms. The van der Waals surface area contributed by atoms with Gasteiger partial charge in [0.15, 0.2) is 5.96 Å². The van der Waals surface area contributed by atoms with Crippen molar-refractivity contribution in [2.75, 3.05) is 44.7 Å². The molecule has 0 aromatic heterocycles. The first-order valence-electron chi connectivity index (χ1n) is 32.2. The average Bonchev–Trinajstić information content (AvgIpc) is 1.74. The fourth-order valence-electron chi connectivity index (χ4n) is 11.0. The van der Waals surface area contributed by atoms with E-state index in [4.69, 9.17) is 40.1 Å². The second-order valence-corrected chi connectivity index (χ2v) is 25.1. The van der Waals surface area contributed by atoms with Gasteiger partial charge in [-0.25, -0.2) is 0 Å². The summed E-state index contributed by atoms with van der Waals surface area (Å²) in [4.78, 5) is 185. The first kappa shape index (κ1) is 78.5. The van der Waals surface area contributed by atoms with E-state index in [1.54, 1.807) is 60.7 Å². The van der Waals surface area contributed by atoms with Crippen molar-refractivity contribution >= 4 is 94.5 Å². The fourth-order valence-corrected chi connectivity index (χ4v) is 11.5. The van der Waals surface area contributed by atoms with Crippen molar-refractivity contribution in [2.45, 2.75) is 183 Å². The van der Waals surface area contributed by atoms with E-state index in [1.165, 1.54) is 21.6 Å². The largest absolute Gasteiger partial charge is 0.370 e. The highest BCUT2D eigenvalue weighted by atomic mass is 32.2. The van der Waals surface area contributed by atoms with Crippen molar-refractivity contribution in [3.8, 4) is 0 Å². The van der Waals surface area contributed by atoms with Crippen LogP contribution in [0, 0.1) is 5.92 Å². The molecule has 2 aromatic rings. The minimum Gasteiger partial charge on any atom is -0.370 e. The Balaban J connectivity index is 1.56. The number of benzene rings is 2. The third-order valence-electron chi connectivity index (χ3n) is 16.0. The lowest BCUT2D eigenvalue weighted by molar-refractivity contribution is -0.144. The molecular weight excluding hydrogens is 1250 g/mol. The summed E-state index contributed by atoms with van der Waals surface area (Å²) in [6.45, 7) is 3.86.